The Hall–Kier alpha value is -2.00. The minimum atomic E-state index is -0.657. The highest BCUT2D eigenvalue weighted by atomic mass is 33.1. The highest BCUT2D eigenvalue weighted by Gasteiger charge is 2.19. The van der Waals surface area contributed by atoms with E-state index in [1.54, 1.807) is 21.6 Å². The lowest BCUT2D eigenvalue weighted by atomic mass is 10.1. The van der Waals surface area contributed by atoms with Crippen LogP contribution in [-0.4, -0.2) is 48.7 Å². The summed E-state index contributed by atoms with van der Waals surface area (Å²) in [6, 6.07) is 18.3. The summed E-state index contributed by atoms with van der Waals surface area (Å²) in [5, 5.41) is 0. The molecule has 0 bridgehead atoms. The third-order valence-electron chi connectivity index (χ3n) is 4.16. The lowest BCUT2D eigenvalue weighted by Gasteiger charge is -2.11. The molecule has 0 fully saturated rings. The number of rotatable bonds is 13. The summed E-state index contributed by atoms with van der Waals surface area (Å²) in [4.78, 5) is 23.9. The lowest BCUT2D eigenvalue weighted by molar-refractivity contribution is -0.407. The van der Waals surface area contributed by atoms with Crippen LogP contribution in [0.5, 0.6) is 0 Å². The second-order valence-electron chi connectivity index (χ2n) is 6.66. The second kappa shape index (κ2) is 14.1. The number of nitrogens with two attached hydrogens (primary N) is 1. The van der Waals surface area contributed by atoms with Crippen molar-refractivity contribution >= 4 is 33.5 Å². The maximum atomic E-state index is 12.0. The van der Waals surface area contributed by atoms with Gasteiger partial charge in [-0.05, 0) is 17.5 Å². The molecular formula is C22H29N2O4S2+. The maximum absolute atomic E-state index is 12.0. The van der Waals surface area contributed by atoms with E-state index in [0.717, 1.165) is 11.1 Å². The van der Waals surface area contributed by atoms with Crippen molar-refractivity contribution < 1.29 is 24.8 Å². The molecule has 162 valence electrons. The van der Waals surface area contributed by atoms with Crippen molar-refractivity contribution in [1.82, 2.24) is 0 Å². The van der Waals surface area contributed by atoms with Crippen molar-refractivity contribution in [2.75, 3.05) is 24.7 Å². The quantitative estimate of drug-likeness (QED) is 0.273. The standard InChI is InChI=1S/C22H28N2O4S2/c23-19(15-17-7-3-1-4-8-17)21(25)27-11-13-29-30-14-12-28-22(26)20(24)16-18-9-5-2-6-10-18/h1-10,19-20H,11-16,23-24H2/p+1. The molecule has 0 radical (unpaired) electrons. The fourth-order valence-electron chi connectivity index (χ4n) is 2.63. The first-order valence-corrected chi connectivity index (χ1v) is 12.3. The number of hydrogen-bond donors (Lipinski definition) is 2. The predicted octanol–water partition coefficient (Wildman–Crippen LogP) is 1.88. The van der Waals surface area contributed by atoms with Gasteiger partial charge in [0.05, 0.1) is 0 Å². The normalized spacial score (nSPS) is 12.7. The summed E-state index contributed by atoms with van der Waals surface area (Å²) in [6.45, 7) is 0.635. The molecule has 0 aliphatic heterocycles. The van der Waals surface area contributed by atoms with Crippen molar-refractivity contribution in [3.8, 4) is 0 Å². The summed E-state index contributed by atoms with van der Waals surface area (Å²) in [5.41, 5.74) is 11.9. The molecule has 30 heavy (non-hydrogen) atoms. The van der Waals surface area contributed by atoms with Gasteiger partial charge in [-0.3, -0.25) is 4.79 Å². The van der Waals surface area contributed by atoms with Crippen molar-refractivity contribution in [2.24, 2.45) is 5.73 Å². The van der Waals surface area contributed by atoms with Crippen LogP contribution < -0.4 is 11.5 Å². The molecule has 0 saturated heterocycles. The van der Waals surface area contributed by atoms with E-state index in [1.165, 1.54) is 0 Å². The van der Waals surface area contributed by atoms with Crippen molar-refractivity contribution in [3.05, 3.63) is 71.8 Å². The predicted molar refractivity (Wildman–Crippen MR) is 122 cm³/mol. The second-order valence-corrected chi connectivity index (χ2v) is 9.36. The summed E-state index contributed by atoms with van der Waals surface area (Å²) in [7, 11) is 3.14. The smallest absolute Gasteiger partial charge is 0.365 e. The number of hydrogen-bond acceptors (Lipinski definition) is 7. The number of ether oxygens (including phenoxy) is 2. The van der Waals surface area contributed by atoms with E-state index in [1.807, 2.05) is 60.7 Å². The molecule has 5 N–H and O–H groups in total. The van der Waals surface area contributed by atoms with Gasteiger partial charge in [0.1, 0.15) is 19.3 Å². The van der Waals surface area contributed by atoms with Crippen LogP contribution in [0.3, 0.4) is 0 Å². The molecule has 2 unspecified atom stereocenters. The van der Waals surface area contributed by atoms with Gasteiger partial charge in [0.2, 0.25) is 0 Å². The average Bonchev–Trinajstić information content (AvgIpc) is 2.76. The minimum absolute atomic E-state index is 0.286. The van der Waals surface area contributed by atoms with Gasteiger partial charge in [-0.2, -0.15) is 0 Å². The first kappa shape index (κ1) is 24.3. The molecule has 2 aromatic rings. The number of quaternary nitrogens is 1. The van der Waals surface area contributed by atoms with E-state index in [4.69, 9.17) is 15.2 Å². The Labute approximate surface area is 185 Å². The van der Waals surface area contributed by atoms with Crippen LogP contribution >= 0.6 is 21.6 Å². The molecule has 6 nitrogen and oxygen atoms in total. The van der Waals surface area contributed by atoms with Crippen LogP contribution in [0.2, 0.25) is 0 Å². The van der Waals surface area contributed by atoms with Gasteiger partial charge in [0, 0.05) is 17.9 Å². The third-order valence-corrected chi connectivity index (χ3v) is 6.50. The van der Waals surface area contributed by atoms with Crippen LogP contribution in [-0.2, 0) is 31.9 Å². The zero-order valence-corrected chi connectivity index (χ0v) is 18.5. The topological polar surface area (TPSA) is 106 Å². The van der Waals surface area contributed by atoms with E-state index in [2.05, 4.69) is 5.73 Å². The lowest BCUT2D eigenvalue weighted by Crippen LogP contribution is -2.66. The number of carbonyl (C=O) groups is 2. The van der Waals surface area contributed by atoms with Crippen LogP contribution in [0.25, 0.3) is 0 Å². The van der Waals surface area contributed by atoms with E-state index < -0.39 is 18.1 Å². The van der Waals surface area contributed by atoms with Gasteiger partial charge in [-0.15, -0.1) is 0 Å². The minimum Gasteiger partial charge on any atom is -0.464 e. The molecule has 8 heteroatoms. The molecule has 0 amide bonds. The van der Waals surface area contributed by atoms with Gasteiger partial charge >= 0.3 is 11.9 Å². The molecule has 0 aromatic heterocycles. The third kappa shape index (κ3) is 9.67. The zero-order chi connectivity index (χ0) is 21.6. The Morgan fingerprint density at radius 3 is 1.80 bits per heavy atom. The van der Waals surface area contributed by atoms with Crippen molar-refractivity contribution in [3.63, 3.8) is 0 Å². The van der Waals surface area contributed by atoms with Gasteiger partial charge in [-0.25, -0.2) is 4.79 Å². The van der Waals surface area contributed by atoms with Crippen LogP contribution in [0.1, 0.15) is 11.1 Å². The van der Waals surface area contributed by atoms with Gasteiger partial charge in [0.25, 0.3) is 0 Å². The molecule has 0 aliphatic rings. The van der Waals surface area contributed by atoms with Crippen LogP contribution in [0.15, 0.2) is 60.7 Å². The zero-order valence-electron chi connectivity index (χ0n) is 16.9. The summed E-state index contributed by atoms with van der Waals surface area (Å²) < 4.78 is 10.5. The Bertz CT molecular complexity index is 697. The summed E-state index contributed by atoms with van der Waals surface area (Å²) in [6.07, 6.45) is 1.03. The SMILES string of the molecule is NC(Cc1ccccc1)C(=O)OCCSSCCOC(=O)C([NH3+])Cc1ccccc1. The van der Waals surface area contributed by atoms with E-state index in [-0.39, 0.29) is 5.97 Å². The Morgan fingerprint density at radius 2 is 1.27 bits per heavy atom. The number of carbonyl (C=O) groups excluding carboxylic acids is 2. The van der Waals surface area contributed by atoms with Crippen LogP contribution in [0, 0.1) is 0 Å². The molecule has 0 aliphatic carbocycles. The highest BCUT2D eigenvalue weighted by Crippen LogP contribution is 2.20. The monoisotopic (exact) mass is 449 g/mol. The van der Waals surface area contributed by atoms with Gasteiger partial charge in [-0.1, -0.05) is 82.3 Å². The first-order valence-electron chi connectivity index (χ1n) is 9.80. The van der Waals surface area contributed by atoms with E-state index in [9.17, 15) is 9.59 Å². The Morgan fingerprint density at radius 1 is 0.800 bits per heavy atom. The van der Waals surface area contributed by atoms with E-state index in [0.29, 0.717) is 37.6 Å². The van der Waals surface area contributed by atoms with Gasteiger partial charge in [0.15, 0.2) is 6.04 Å². The molecule has 2 atom stereocenters. The van der Waals surface area contributed by atoms with Crippen molar-refractivity contribution in [1.29, 1.82) is 0 Å². The van der Waals surface area contributed by atoms with E-state index >= 15 is 0 Å². The van der Waals surface area contributed by atoms with Crippen molar-refractivity contribution in [2.45, 2.75) is 24.9 Å². The first-order chi connectivity index (χ1) is 14.6. The van der Waals surface area contributed by atoms with Crippen LogP contribution in [0.4, 0.5) is 0 Å². The molecule has 0 saturated carbocycles. The summed E-state index contributed by atoms with van der Waals surface area (Å²) in [5.74, 6) is 0.633. The molecule has 2 rings (SSSR count). The number of esters is 2. The Balaban J connectivity index is 1.47. The highest BCUT2D eigenvalue weighted by molar-refractivity contribution is 8.76. The molecule has 0 spiro atoms. The maximum Gasteiger partial charge on any atom is 0.365 e. The largest absolute Gasteiger partial charge is 0.464 e. The molecule has 2 aromatic carbocycles. The fraction of sp³-hybridized carbons (Fsp3) is 0.364. The average molecular weight is 450 g/mol. The molecular weight excluding hydrogens is 420 g/mol. The summed E-state index contributed by atoms with van der Waals surface area (Å²) >= 11 is 0. The van der Waals surface area contributed by atoms with Gasteiger partial charge < -0.3 is 20.9 Å². The number of benzene rings is 2. The molecule has 0 heterocycles. The Kier molecular flexibility index (Phi) is 11.4. The fourth-order valence-corrected chi connectivity index (χ4v) is 4.28.